The second-order valence-electron chi connectivity index (χ2n) is 5.55. The molecule has 0 N–H and O–H groups in total. The predicted molar refractivity (Wildman–Crippen MR) is 104 cm³/mol. The van der Waals surface area contributed by atoms with Gasteiger partial charge >= 0.3 is 18.9 Å². The van der Waals surface area contributed by atoms with Crippen LogP contribution in [0.15, 0.2) is 36.4 Å². The van der Waals surface area contributed by atoms with E-state index < -0.39 is 0 Å². The fourth-order valence-corrected chi connectivity index (χ4v) is 3.23. The van der Waals surface area contributed by atoms with Crippen molar-refractivity contribution in [1.82, 2.24) is 0 Å². The van der Waals surface area contributed by atoms with E-state index >= 15 is 0 Å². The Morgan fingerprint density at radius 1 is 1.04 bits per heavy atom. The van der Waals surface area contributed by atoms with Gasteiger partial charge in [-0.15, -0.1) is 0 Å². The number of hydrogen-bond acceptors (Lipinski definition) is 3. The molecule has 3 nitrogen and oxygen atoms in total. The van der Waals surface area contributed by atoms with E-state index in [-0.39, 0.29) is 31.3 Å². The van der Waals surface area contributed by atoms with Crippen LogP contribution in [-0.2, 0) is 4.52 Å². The second-order valence-corrected chi connectivity index (χ2v) is 6.62. The standard InChI is InChI=1S/C19H23O3P.Li.H/c1-5-22-23-17-8-6-16(7-9-17)21-12-18(20)19-14(3)10-13(2)11-15(19)4;;/h6-11,23H,5,12H2,1-4H3;;. The summed E-state index contributed by atoms with van der Waals surface area (Å²) in [6.07, 6.45) is 0. The minimum atomic E-state index is 0. The van der Waals surface area contributed by atoms with Gasteiger partial charge in [-0.25, -0.2) is 0 Å². The summed E-state index contributed by atoms with van der Waals surface area (Å²) in [6, 6.07) is 11.8. The topological polar surface area (TPSA) is 35.5 Å². The molecule has 24 heavy (non-hydrogen) atoms. The van der Waals surface area contributed by atoms with Gasteiger partial charge in [0.1, 0.15) is 5.75 Å². The van der Waals surface area contributed by atoms with Gasteiger partial charge in [-0.1, -0.05) is 17.7 Å². The molecule has 0 heterocycles. The average Bonchev–Trinajstić information content (AvgIpc) is 2.51. The quantitative estimate of drug-likeness (QED) is 0.440. The van der Waals surface area contributed by atoms with Gasteiger partial charge in [0.15, 0.2) is 6.61 Å². The summed E-state index contributed by atoms with van der Waals surface area (Å²) >= 11 is 0. The van der Waals surface area contributed by atoms with E-state index in [0.717, 1.165) is 22.0 Å². The second kappa shape index (κ2) is 10.0. The van der Waals surface area contributed by atoms with E-state index in [2.05, 4.69) is 0 Å². The van der Waals surface area contributed by atoms with Gasteiger partial charge < -0.3 is 9.26 Å². The number of rotatable bonds is 7. The first-order valence-electron chi connectivity index (χ1n) is 7.73. The molecule has 0 fully saturated rings. The van der Waals surface area contributed by atoms with Gasteiger partial charge in [0.25, 0.3) is 0 Å². The number of carbonyl (C=O) groups excluding carboxylic acids is 1. The van der Waals surface area contributed by atoms with E-state index in [1.54, 1.807) is 0 Å². The van der Waals surface area contributed by atoms with Crippen molar-refractivity contribution in [1.29, 1.82) is 0 Å². The Morgan fingerprint density at radius 2 is 1.62 bits per heavy atom. The maximum atomic E-state index is 12.4. The summed E-state index contributed by atoms with van der Waals surface area (Å²) in [5.41, 5.74) is 3.95. The minimum absolute atomic E-state index is 0. The summed E-state index contributed by atoms with van der Waals surface area (Å²) < 4.78 is 11.0. The van der Waals surface area contributed by atoms with E-state index in [9.17, 15) is 4.79 Å². The van der Waals surface area contributed by atoms with Crippen LogP contribution in [0, 0.1) is 20.8 Å². The van der Waals surface area contributed by atoms with Crippen LogP contribution >= 0.6 is 8.81 Å². The summed E-state index contributed by atoms with van der Waals surface area (Å²) in [5.74, 6) is 0.714. The van der Waals surface area contributed by atoms with Crippen LogP contribution in [0.3, 0.4) is 0 Å². The van der Waals surface area contributed by atoms with Crippen molar-refractivity contribution in [2.24, 2.45) is 0 Å². The molecular formula is C19H24LiO3P. The fourth-order valence-electron chi connectivity index (χ4n) is 2.62. The molecule has 0 bridgehead atoms. The number of ether oxygens (including phenoxy) is 1. The Labute approximate surface area is 158 Å². The molecule has 2 aromatic carbocycles. The van der Waals surface area contributed by atoms with Crippen molar-refractivity contribution in [2.75, 3.05) is 13.2 Å². The first-order chi connectivity index (χ1) is 11.0. The normalized spacial score (nSPS) is 10.7. The fraction of sp³-hybridized carbons (Fsp3) is 0.316. The van der Waals surface area contributed by atoms with Crippen LogP contribution in [0.1, 0.15) is 34.0 Å². The summed E-state index contributed by atoms with van der Waals surface area (Å²) in [6.45, 7) is 8.71. The molecule has 2 aromatic rings. The molecule has 124 valence electrons. The molecule has 0 saturated heterocycles. The van der Waals surface area contributed by atoms with Crippen molar-refractivity contribution < 1.29 is 14.1 Å². The molecule has 0 saturated carbocycles. The van der Waals surface area contributed by atoms with Crippen LogP contribution in [0.25, 0.3) is 0 Å². The van der Waals surface area contributed by atoms with Gasteiger partial charge in [0.05, 0.1) is 0 Å². The average molecular weight is 338 g/mol. The monoisotopic (exact) mass is 338 g/mol. The van der Waals surface area contributed by atoms with Crippen molar-refractivity contribution in [3.05, 3.63) is 58.7 Å². The zero-order chi connectivity index (χ0) is 16.8. The van der Waals surface area contributed by atoms with Crippen LogP contribution in [-0.4, -0.2) is 37.9 Å². The number of benzene rings is 2. The zero-order valence-electron chi connectivity index (χ0n) is 14.1. The number of hydrogen-bond donors (Lipinski definition) is 0. The number of Topliss-reactive ketones (excluding diaryl/α,β-unsaturated/α-hetero) is 1. The first kappa shape index (κ1) is 20.9. The van der Waals surface area contributed by atoms with E-state index in [1.165, 1.54) is 5.56 Å². The molecule has 1 unspecified atom stereocenters. The molecule has 0 spiro atoms. The molecule has 0 aliphatic heterocycles. The van der Waals surface area contributed by atoms with Crippen LogP contribution in [0.2, 0.25) is 0 Å². The molecule has 0 aromatic heterocycles. The molecule has 1 atom stereocenters. The summed E-state index contributed by atoms with van der Waals surface area (Å²) in [4.78, 5) is 12.4. The third-order valence-corrected chi connectivity index (χ3v) is 4.52. The Hall–Kier alpha value is -1.10. The van der Waals surface area contributed by atoms with E-state index in [1.807, 2.05) is 64.1 Å². The third kappa shape index (κ3) is 5.76. The number of carbonyl (C=O) groups is 1. The van der Waals surface area contributed by atoms with Crippen molar-refractivity contribution in [3.63, 3.8) is 0 Å². The SMILES string of the molecule is CCOPc1ccc(OCC(=O)c2c(C)cc(C)cc2C)cc1.[LiH]. The number of aryl methyl sites for hydroxylation is 3. The summed E-state index contributed by atoms with van der Waals surface area (Å²) in [7, 11) is 0.349. The Balaban J connectivity index is 0.00000288. The molecule has 0 amide bonds. The van der Waals surface area contributed by atoms with Crippen LogP contribution in [0.4, 0.5) is 0 Å². The van der Waals surface area contributed by atoms with Crippen molar-refractivity contribution >= 4 is 38.8 Å². The van der Waals surface area contributed by atoms with Gasteiger partial charge in [-0.05, 0) is 68.4 Å². The van der Waals surface area contributed by atoms with E-state index in [4.69, 9.17) is 9.26 Å². The molecule has 2 rings (SSSR count). The van der Waals surface area contributed by atoms with E-state index in [0.29, 0.717) is 21.2 Å². The molecule has 0 aliphatic carbocycles. The van der Waals surface area contributed by atoms with Crippen LogP contribution in [0.5, 0.6) is 5.75 Å². The van der Waals surface area contributed by atoms with Crippen molar-refractivity contribution in [3.8, 4) is 5.75 Å². The predicted octanol–water partition coefficient (Wildman–Crippen LogP) is 3.48. The van der Waals surface area contributed by atoms with Gasteiger partial charge in [0.2, 0.25) is 5.78 Å². The molecule has 0 radical (unpaired) electrons. The van der Waals surface area contributed by atoms with Gasteiger partial charge in [-0.3, -0.25) is 4.79 Å². The summed E-state index contributed by atoms with van der Waals surface area (Å²) in [5, 5.41) is 1.12. The third-order valence-electron chi connectivity index (χ3n) is 3.51. The zero-order valence-corrected chi connectivity index (χ0v) is 15.1. The molecule has 5 heteroatoms. The Bertz CT molecular complexity index is 661. The van der Waals surface area contributed by atoms with Crippen LogP contribution < -0.4 is 10.0 Å². The van der Waals surface area contributed by atoms with Crippen molar-refractivity contribution in [2.45, 2.75) is 27.7 Å². The molecular weight excluding hydrogens is 314 g/mol. The maximum absolute atomic E-state index is 12.4. The Kier molecular flexibility index (Phi) is 8.74. The number of ketones is 1. The Morgan fingerprint density at radius 3 is 2.17 bits per heavy atom. The van der Waals surface area contributed by atoms with Gasteiger partial charge in [0, 0.05) is 21.0 Å². The molecule has 0 aliphatic rings. The van der Waals surface area contributed by atoms with Gasteiger partial charge in [-0.2, -0.15) is 0 Å². The first-order valence-corrected chi connectivity index (χ1v) is 8.63.